The Kier molecular flexibility index (Phi) is 7.49. The monoisotopic (exact) mass is 369 g/mol. The van der Waals surface area contributed by atoms with Crippen molar-refractivity contribution in [1.82, 2.24) is 4.90 Å². The second-order valence-electron chi connectivity index (χ2n) is 8.57. The van der Waals surface area contributed by atoms with Crippen molar-refractivity contribution in [2.24, 2.45) is 5.92 Å². The molecule has 2 fully saturated rings. The predicted octanol–water partition coefficient (Wildman–Crippen LogP) is 5.24. The number of benzene rings is 1. The number of hydrogen-bond acceptors (Lipinski definition) is 2. The zero-order valence-corrected chi connectivity index (χ0v) is 16.9. The van der Waals surface area contributed by atoms with Crippen LogP contribution in [0.4, 0.5) is 0 Å². The third-order valence-electron chi connectivity index (χ3n) is 6.45. The van der Waals surface area contributed by atoms with E-state index in [0.29, 0.717) is 37.0 Å². The Balaban J connectivity index is 1.33. The molecule has 1 aromatic carbocycles. The van der Waals surface area contributed by atoms with Crippen LogP contribution >= 0.6 is 0 Å². The molecule has 27 heavy (non-hydrogen) atoms. The minimum atomic E-state index is 0.291. The zero-order chi connectivity index (χ0) is 19.1. The van der Waals surface area contributed by atoms with E-state index in [0.717, 1.165) is 38.1 Å². The Morgan fingerprint density at radius 1 is 0.926 bits per heavy atom. The highest BCUT2D eigenvalue weighted by Crippen LogP contribution is 2.35. The number of likely N-dealkylation sites (tertiary alicyclic amines) is 1. The molecule has 1 aliphatic carbocycles. The maximum Gasteiger partial charge on any atom is 0.222 e. The van der Waals surface area contributed by atoms with E-state index in [2.05, 4.69) is 36.1 Å². The number of aryl methyl sites for hydroxylation is 2. The molecule has 1 aliphatic heterocycles. The number of fused-ring (bicyclic) bond motifs is 1. The second kappa shape index (κ2) is 10.1. The average Bonchev–Trinajstić information content (AvgIpc) is 2.69. The first kappa shape index (κ1) is 20.1. The molecule has 0 bridgehead atoms. The van der Waals surface area contributed by atoms with Crippen molar-refractivity contribution >= 4 is 11.7 Å². The highest BCUT2D eigenvalue weighted by Gasteiger charge is 2.35. The van der Waals surface area contributed by atoms with Gasteiger partial charge in [-0.3, -0.25) is 9.59 Å². The van der Waals surface area contributed by atoms with Crippen LogP contribution in [-0.4, -0.2) is 29.2 Å². The zero-order valence-electron chi connectivity index (χ0n) is 16.9. The lowest BCUT2D eigenvalue weighted by molar-refractivity contribution is -0.137. The van der Waals surface area contributed by atoms with Crippen molar-refractivity contribution in [2.75, 3.05) is 6.54 Å². The summed E-state index contributed by atoms with van der Waals surface area (Å²) in [5.41, 5.74) is 2.57. The first-order chi connectivity index (χ1) is 13.1. The molecule has 3 nitrogen and oxygen atoms in total. The van der Waals surface area contributed by atoms with Gasteiger partial charge in [-0.05, 0) is 63.4 Å². The quantitative estimate of drug-likeness (QED) is 0.628. The van der Waals surface area contributed by atoms with Crippen molar-refractivity contribution in [2.45, 2.75) is 90.0 Å². The highest BCUT2D eigenvalue weighted by molar-refractivity contribution is 5.80. The van der Waals surface area contributed by atoms with E-state index < -0.39 is 0 Å². The van der Waals surface area contributed by atoms with Crippen LogP contribution in [0.5, 0.6) is 0 Å². The Morgan fingerprint density at radius 3 is 2.44 bits per heavy atom. The van der Waals surface area contributed by atoms with E-state index in [1.165, 1.54) is 43.2 Å². The van der Waals surface area contributed by atoms with Crippen LogP contribution in [0.15, 0.2) is 24.3 Å². The number of Topliss-reactive ketones (excluding diaryl/α,β-unsaturated/α-hetero) is 1. The minimum Gasteiger partial charge on any atom is -0.339 e. The molecule has 0 aromatic heterocycles. The van der Waals surface area contributed by atoms with Crippen LogP contribution in [0.2, 0.25) is 0 Å². The number of carbonyl (C=O) groups excluding carboxylic acids is 2. The first-order valence-corrected chi connectivity index (χ1v) is 11.0. The number of amides is 1. The molecule has 1 heterocycles. The highest BCUT2D eigenvalue weighted by atomic mass is 16.2. The molecule has 1 aromatic rings. The molecule has 148 valence electrons. The van der Waals surface area contributed by atoms with Gasteiger partial charge in [0.25, 0.3) is 0 Å². The molecule has 2 aliphatic rings. The van der Waals surface area contributed by atoms with Gasteiger partial charge in [0.05, 0.1) is 0 Å². The van der Waals surface area contributed by atoms with Gasteiger partial charge >= 0.3 is 0 Å². The summed E-state index contributed by atoms with van der Waals surface area (Å²) < 4.78 is 0. The van der Waals surface area contributed by atoms with Gasteiger partial charge in [0, 0.05) is 31.8 Å². The van der Waals surface area contributed by atoms with Gasteiger partial charge in [-0.1, -0.05) is 42.7 Å². The van der Waals surface area contributed by atoms with E-state index in [-0.39, 0.29) is 0 Å². The number of hydrogen-bond donors (Lipinski definition) is 0. The van der Waals surface area contributed by atoms with Gasteiger partial charge in [0.1, 0.15) is 5.78 Å². The van der Waals surface area contributed by atoms with E-state index in [9.17, 15) is 9.59 Å². The summed E-state index contributed by atoms with van der Waals surface area (Å²) in [6.45, 7) is 3.03. The summed E-state index contributed by atoms with van der Waals surface area (Å²) in [7, 11) is 0. The van der Waals surface area contributed by atoms with Crippen LogP contribution < -0.4 is 0 Å². The van der Waals surface area contributed by atoms with Crippen molar-refractivity contribution in [3.63, 3.8) is 0 Å². The molecule has 3 heteroatoms. The van der Waals surface area contributed by atoms with E-state index in [1.807, 2.05) is 0 Å². The smallest absolute Gasteiger partial charge is 0.222 e. The summed E-state index contributed by atoms with van der Waals surface area (Å²) in [4.78, 5) is 27.0. The van der Waals surface area contributed by atoms with E-state index in [1.54, 1.807) is 0 Å². The van der Waals surface area contributed by atoms with Crippen molar-refractivity contribution in [3.8, 4) is 0 Å². The molecule has 2 atom stereocenters. The number of piperidine rings is 1. The van der Waals surface area contributed by atoms with Crippen molar-refractivity contribution < 1.29 is 9.59 Å². The fourth-order valence-electron chi connectivity index (χ4n) is 4.88. The molecule has 0 spiro atoms. The Labute approximate surface area is 164 Å². The third-order valence-corrected chi connectivity index (χ3v) is 6.45. The number of ketones is 1. The van der Waals surface area contributed by atoms with Gasteiger partial charge in [-0.25, -0.2) is 0 Å². The number of rotatable bonds is 8. The fraction of sp³-hybridized carbons (Fsp3) is 0.667. The standard InChI is InChI=1S/C24H35NO2/c1-19-14-16-20(17-15-19)7-4-10-22(26)11-5-13-24(27)25-18-6-9-21-8-2-3-12-23(21)25/h14-17,21,23H,2-13,18H2,1H3. The van der Waals surface area contributed by atoms with Crippen molar-refractivity contribution in [3.05, 3.63) is 35.4 Å². The maximum absolute atomic E-state index is 12.7. The Hall–Kier alpha value is -1.64. The molecule has 1 amide bonds. The van der Waals surface area contributed by atoms with Gasteiger partial charge in [-0.2, -0.15) is 0 Å². The molecule has 2 unspecified atom stereocenters. The molecule has 1 saturated heterocycles. The molecule has 3 rings (SSSR count). The van der Waals surface area contributed by atoms with Crippen LogP contribution in [0.25, 0.3) is 0 Å². The van der Waals surface area contributed by atoms with Crippen molar-refractivity contribution in [1.29, 1.82) is 0 Å². The van der Waals surface area contributed by atoms with Crippen LogP contribution in [-0.2, 0) is 16.0 Å². The lowest BCUT2D eigenvalue weighted by atomic mass is 9.78. The molecule has 0 radical (unpaired) electrons. The summed E-state index contributed by atoms with van der Waals surface area (Å²) in [6, 6.07) is 9.04. The lowest BCUT2D eigenvalue weighted by Gasteiger charge is -2.44. The van der Waals surface area contributed by atoms with E-state index in [4.69, 9.17) is 0 Å². The average molecular weight is 370 g/mol. The summed E-state index contributed by atoms with van der Waals surface area (Å²) in [5.74, 6) is 1.34. The van der Waals surface area contributed by atoms with Crippen LogP contribution in [0.1, 0.15) is 81.8 Å². The van der Waals surface area contributed by atoms with E-state index >= 15 is 0 Å². The normalized spacial score (nSPS) is 22.3. The lowest BCUT2D eigenvalue weighted by Crippen LogP contribution is -2.49. The number of carbonyl (C=O) groups is 2. The fourth-order valence-corrected chi connectivity index (χ4v) is 4.88. The SMILES string of the molecule is Cc1ccc(CCCC(=O)CCCC(=O)N2CCCC3CCCCC32)cc1. The van der Waals surface area contributed by atoms with Gasteiger partial charge in [0.15, 0.2) is 0 Å². The number of nitrogens with zero attached hydrogens (tertiary/aromatic N) is 1. The minimum absolute atomic E-state index is 0.291. The summed E-state index contributed by atoms with van der Waals surface area (Å²) in [6.07, 6.45) is 11.9. The van der Waals surface area contributed by atoms with Gasteiger partial charge < -0.3 is 4.90 Å². The molecule has 1 saturated carbocycles. The summed E-state index contributed by atoms with van der Waals surface area (Å²) in [5, 5.41) is 0. The van der Waals surface area contributed by atoms with Crippen LogP contribution in [0, 0.1) is 12.8 Å². The predicted molar refractivity (Wildman–Crippen MR) is 110 cm³/mol. The molecular formula is C24H35NO2. The first-order valence-electron chi connectivity index (χ1n) is 11.0. The molecule has 0 N–H and O–H groups in total. The van der Waals surface area contributed by atoms with Gasteiger partial charge in [0.2, 0.25) is 5.91 Å². The van der Waals surface area contributed by atoms with Gasteiger partial charge in [-0.15, -0.1) is 0 Å². The Bertz CT molecular complexity index is 620. The Morgan fingerprint density at radius 2 is 1.63 bits per heavy atom. The topological polar surface area (TPSA) is 37.4 Å². The second-order valence-corrected chi connectivity index (χ2v) is 8.57. The largest absolute Gasteiger partial charge is 0.339 e. The summed E-state index contributed by atoms with van der Waals surface area (Å²) >= 11 is 0. The third kappa shape index (κ3) is 5.92. The molecular weight excluding hydrogens is 334 g/mol. The van der Waals surface area contributed by atoms with Crippen LogP contribution in [0.3, 0.4) is 0 Å². The maximum atomic E-state index is 12.7.